The minimum Gasteiger partial charge on any atom is -0.324 e. The van der Waals surface area contributed by atoms with Crippen LogP contribution in [0.1, 0.15) is 72.5 Å². The average Bonchev–Trinajstić information content (AvgIpc) is 2.73. The summed E-state index contributed by atoms with van der Waals surface area (Å²) in [4.78, 5) is 0. The normalized spacial score (nSPS) is 23.1. The van der Waals surface area contributed by atoms with E-state index in [-0.39, 0.29) is 6.04 Å². The summed E-state index contributed by atoms with van der Waals surface area (Å²) in [6.45, 7) is 16.0. The molecule has 0 radical (unpaired) electrons. The zero-order valence-electron chi connectivity index (χ0n) is 14.4. The van der Waals surface area contributed by atoms with Gasteiger partial charge in [-0.1, -0.05) is 20.3 Å². The molecule has 0 aliphatic heterocycles. The lowest BCUT2D eigenvalue weighted by Crippen LogP contribution is -2.31. The number of nitrogens with two attached hydrogens (primary N) is 1. The van der Waals surface area contributed by atoms with Crippen LogP contribution >= 0.6 is 0 Å². The van der Waals surface area contributed by atoms with Crippen molar-refractivity contribution in [3.63, 3.8) is 0 Å². The quantitative estimate of drug-likeness (QED) is 0.801. The standard InChI is InChI=1S/C19H31N/c1-11-12(2)14(4)17(15(5)13(11)3)18(20)16-9-8-10-19(16,6)7/h16,18H,8-10,20H2,1-7H3. The van der Waals surface area contributed by atoms with Crippen LogP contribution in [0, 0.1) is 46.0 Å². The fourth-order valence-corrected chi connectivity index (χ4v) is 4.25. The van der Waals surface area contributed by atoms with Crippen molar-refractivity contribution in [2.24, 2.45) is 17.1 Å². The predicted octanol–water partition coefficient (Wildman–Crippen LogP) is 5.05. The molecule has 2 N–H and O–H groups in total. The van der Waals surface area contributed by atoms with Crippen LogP contribution in [0.15, 0.2) is 0 Å². The molecule has 0 bridgehead atoms. The molecule has 0 saturated heterocycles. The Hall–Kier alpha value is -0.820. The molecule has 2 rings (SSSR count). The van der Waals surface area contributed by atoms with Crippen LogP contribution < -0.4 is 5.73 Å². The molecule has 1 heteroatoms. The van der Waals surface area contributed by atoms with Crippen LogP contribution in [0.5, 0.6) is 0 Å². The number of rotatable bonds is 2. The van der Waals surface area contributed by atoms with Crippen molar-refractivity contribution in [3.05, 3.63) is 33.4 Å². The molecule has 0 aromatic heterocycles. The van der Waals surface area contributed by atoms with Gasteiger partial charge in [0.15, 0.2) is 0 Å². The van der Waals surface area contributed by atoms with Gasteiger partial charge in [-0.15, -0.1) is 0 Å². The second kappa shape index (κ2) is 5.18. The van der Waals surface area contributed by atoms with Gasteiger partial charge in [-0.2, -0.15) is 0 Å². The molecule has 0 heterocycles. The summed E-state index contributed by atoms with van der Waals surface area (Å²) >= 11 is 0. The van der Waals surface area contributed by atoms with Gasteiger partial charge in [0.1, 0.15) is 0 Å². The second-order valence-corrected chi connectivity index (χ2v) is 7.55. The third-order valence-corrected chi connectivity index (χ3v) is 6.16. The summed E-state index contributed by atoms with van der Waals surface area (Å²) in [6.07, 6.45) is 3.92. The summed E-state index contributed by atoms with van der Waals surface area (Å²) in [7, 11) is 0. The molecule has 1 fully saturated rings. The first kappa shape index (κ1) is 15.6. The van der Waals surface area contributed by atoms with Crippen molar-refractivity contribution in [1.29, 1.82) is 0 Å². The third-order valence-electron chi connectivity index (χ3n) is 6.16. The topological polar surface area (TPSA) is 26.0 Å². The third kappa shape index (κ3) is 2.30. The van der Waals surface area contributed by atoms with Crippen molar-refractivity contribution < 1.29 is 0 Å². The van der Waals surface area contributed by atoms with Gasteiger partial charge in [0.25, 0.3) is 0 Å². The van der Waals surface area contributed by atoms with Gasteiger partial charge in [0.05, 0.1) is 0 Å². The summed E-state index contributed by atoms with van der Waals surface area (Å²) in [5, 5.41) is 0. The van der Waals surface area contributed by atoms with Crippen molar-refractivity contribution >= 4 is 0 Å². The van der Waals surface area contributed by atoms with E-state index in [0.29, 0.717) is 11.3 Å². The van der Waals surface area contributed by atoms with Gasteiger partial charge < -0.3 is 5.73 Å². The second-order valence-electron chi connectivity index (χ2n) is 7.55. The van der Waals surface area contributed by atoms with Crippen LogP contribution in [0.4, 0.5) is 0 Å². The van der Waals surface area contributed by atoms with Crippen LogP contribution in [-0.2, 0) is 0 Å². The van der Waals surface area contributed by atoms with Gasteiger partial charge in [-0.25, -0.2) is 0 Å². The van der Waals surface area contributed by atoms with Crippen LogP contribution in [-0.4, -0.2) is 0 Å². The Labute approximate surface area is 125 Å². The molecule has 1 aliphatic carbocycles. The zero-order chi connectivity index (χ0) is 15.2. The molecule has 20 heavy (non-hydrogen) atoms. The van der Waals surface area contributed by atoms with E-state index in [2.05, 4.69) is 48.5 Å². The molecule has 112 valence electrons. The first-order valence-electron chi connectivity index (χ1n) is 8.01. The zero-order valence-corrected chi connectivity index (χ0v) is 14.4. The molecule has 1 aliphatic rings. The maximum absolute atomic E-state index is 6.77. The maximum Gasteiger partial charge on any atom is 0.0334 e. The highest BCUT2D eigenvalue weighted by molar-refractivity contribution is 5.50. The number of benzene rings is 1. The molecule has 1 saturated carbocycles. The molecular weight excluding hydrogens is 242 g/mol. The highest BCUT2D eigenvalue weighted by atomic mass is 14.7. The average molecular weight is 273 g/mol. The molecule has 0 amide bonds. The van der Waals surface area contributed by atoms with Gasteiger partial charge >= 0.3 is 0 Å². The Morgan fingerprint density at radius 3 is 1.75 bits per heavy atom. The molecular formula is C19H31N. The van der Waals surface area contributed by atoms with E-state index >= 15 is 0 Å². The Morgan fingerprint density at radius 1 is 0.900 bits per heavy atom. The first-order valence-corrected chi connectivity index (χ1v) is 8.01. The lowest BCUT2D eigenvalue weighted by Gasteiger charge is -2.34. The summed E-state index contributed by atoms with van der Waals surface area (Å²) in [5.41, 5.74) is 15.7. The van der Waals surface area contributed by atoms with Crippen molar-refractivity contribution in [1.82, 2.24) is 0 Å². The molecule has 2 unspecified atom stereocenters. The number of hydrogen-bond acceptors (Lipinski definition) is 1. The van der Waals surface area contributed by atoms with E-state index in [1.54, 1.807) is 0 Å². The Bertz CT molecular complexity index is 496. The van der Waals surface area contributed by atoms with E-state index < -0.39 is 0 Å². The molecule has 1 nitrogen and oxygen atoms in total. The van der Waals surface area contributed by atoms with E-state index in [1.807, 2.05) is 0 Å². The lowest BCUT2D eigenvalue weighted by atomic mass is 9.73. The summed E-state index contributed by atoms with van der Waals surface area (Å²) in [5.74, 6) is 0.612. The Kier molecular flexibility index (Phi) is 4.03. The van der Waals surface area contributed by atoms with Gasteiger partial charge in [0.2, 0.25) is 0 Å². The summed E-state index contributed by atoms with van der Waals surface area (Å²) < 4.78 is 0. The molecule has 1 aromatic rings. The van der Waals surface area contributed by atoms with Crippen molar-refractivity contribution in [2.45, 2.75) is 73.8 Å². The van der Waals surface area contributed by atoms with Crippen LogP contribution in [0.3, 0.4) is 0 Å². The van der Waals surface area contributed by atoms with Crippen molar-refractivity contribution in [3.8, 4) is 0 Å². The van der Waals surface area contributed by atoms with Gasteiger partial charge in [0, 0.05) is 6.04 Å². The fraction of sp³-hybridized carbons (Fsp3) is 0.684. The highest BCUT2D eigenvalue weighted by Gasteiger charge is 2.39. The van der Waals surface area contributed by atoms with Gasteiger partial charge in [-0.3, -0.25) is 0 Å². The SMILES string of the molecule is Cc1c(C)c(C)c(C(N)C2CCCC2(C)C)c(C)c1C. The monoisotopic (exact) mass is 273 g/mol. The summed E-state index contributed by atoms with van der Waals surface area (Å²) in [6, 6.07) is 0.186. The first-order chi connectivity index (χ1) is 9.18. The minimum atomic E-state index is 0.186. The van der Waals surface area contributed by atoms with E-state index in [9.17, 15) is 0 Å². The lowest BCUT2D eigenvalue weighted by molar-refractivity contribution is 0.221. The van der Waals surface area contributed by atoms with E-state index in [4.69, 9.17) is 5.73 Å². The minimum absolute atomic E-state index is 0.186. The van der Waals surface area contributed by atoms with Gasteiger partial charge in [-0.05, 0) is 92.2 Å². The molecule has 1 aromatic carbocycles. The molecule has 0 spiro atoms. The van der Waals surface area contributed by atoms with E-state index in [0.717, 1.165) is 0 Å². The van der Waals surface area contributed by atoms with E-state index in [1.165, 1.54) is 52.6 Å². The highest BCUT2D eigenvalue weighted by Crippen LogP contribution is 2.49. The molecule has 2 atom stereocenters. The maximum atomic E-state index is 6.77. The smallest absolute Gasteiger partial charge is 0.0334 e. The number of hydrogen-bond donors (Lipinski definition) is 1. The predicted molar refractivity (Wildman–Crippen MR) is 88.2 cm³/mol. The Morgan fingerprint density at radius 2 is 1.35 bits per heavy atom. The van der Waals surface area contributed by atoms with Crippen molar-refractivity contribution in [2.75, 3.05) is 0 Å². The fourth-order valence-electron chi connectivity index (χ4n) is 4.25. The van der Waals surface area contributed by atoms with Crippen LogP contribution in [0.2, 0.25) is 0 Å². The Balaban J connectivity index is 2.53. The van der Waals surface area contributed by atoms with Crippen LogP contribution in [0.25, 0.3) is 0 Å². The largest absolute Gasteiger partial charge is 0.324 e.